The summed E-state index contributed by atoms with van der Waals surface area (Å²) in [6.07, 6.45) is 3.30. The predicted molar refractivity (Wildman–Crippen MR) is 48.4 cm³/mol. The molecule has 1 aromatic rings. The molecule has 0 atom stereocenters. The molecule has 1 fully saturated rings. The fraction of sp³-hybridized carbons (Fsp3) is 0.500. The summed E-state index contributed by atoms with van der Waals surface area (Å²) in [5, 5.41) is 0.465. The quantitative estimate of drug-likeness (QED) is 0.662. The zero-order valence-electron chi connectivity index (χ0n) is 6.87. The smallest absolute Gasteiger partial charge is 0.149 e. The first-order chi connectivity index (χ1) is 5.75. The number of anilines is 1. The summed E-state index contributed by atoms with van der Waals surface area (Å²) in [5.41, 5.74) is 0. The van der Waals surface area contributed by atoms with Gasteiger partial charge in [0.25, 0.3) is 0 Å². The molecule has 1 aliphatic rings. The van der Waals surface area contributed by atoms with Crippen LogP contribution in [0.4, 0.5) is 5.82 Å². The lowest BCUT2D eigenvalue weighted by Gasteiger charge is -2.37. The van der Waals surface area contributed by atoms with Gasteiger partial charge in [-0.15, -0.1) is 0 Å². The second kappa shape index (κ2) is 2.90. The molecule has 0 amide bonds. The minimum absolute atomic E-state index is 0.465. The van der Waals surface area contributed by atoms with E-state index < -0.39 is 0 Å². The van der Waals surface area contributed by atoms with Gasteiger partial charge in [0.1, 0.15) is 11.0 Å². The molecule has 64 valence electrons. The molecule has 0 aromatic carbocycles. The molecule has 0 spiro atoms. The van der Waals surface area contributed by atoms with Crippen molar-refractivity contribution in [3.05, 3.63) is 17.5 Å². The first kappa shape index (κ1) is 7.80. The third-order valence-corrected chi connectivity index (χ3v) is 2.16. The maximum atomic E-state index is 5.71. The number of hydrogen-bond acceptors (Lipinski definition) is 3. The Hall–Kier alpha value is -0.830. The maximum absolute atomic E-state index is 5.71. The number of halogens is 1. The van der Waals surface area contributed by atoms with E-state index in [1.807, 2.05) is 0 Å². The van der Waals surface area contributed by atoms with Gasteiger partial charge in [-0.1, -0.05) is 18.5 Å². The van der Waals surface area contributed by atoms with Crippen molar-refractivity contribution >= 4 is 17.4 Å². The van der Waals surface area contributed by atoms with E-state index in [4.69, 9.17) is 11.6 Å². The molecule has 0 unspecified atom stereocenters. The summed E-state index contributed by atoms with van der Waals surface area (Å²) < 4.78 is 0. The van der Waals surface area contributed by atoms with Gasteiger partial charge in [-0.3, -0.25) is 4.98 Å². The maximum Gasteiger partial charge on any atom is 0.149 e. The monoisotopic (exact) mass is 183 g/mol. The Morgan fingerprint density at radius 2 is 2.25 bits per heavy atom. The molecule has 12 heavy (non-hydrogen) atoms. The van der Waals surface area contributed by atoms with Gasteiger partial charge in [0.2, 0.25) is 0 Å². The Morgan fingerprint density at radius 3 is 2.83 bits per heavy atom. The highest BCUT2D eigenvalue weighted by Crippen LogP contribution is 2.22. The van der Waals surface area contributed by atoms with Gasteiger partial charge in [0.15, 0.2) is 0 Å². The predicted octanol–water partition coefficient (Wildman–Crippen LogP) is 1.59. The number of rotatable bonds is 1. The Morgan fingerprint density at radius 1 is 1.50 bits per heavy atom. The highest BCUT2D eigenvalue weighted by molar-refractivity contribution is 6.29. The van der Waals surface area contributed by atoms with E-state index >= 15 is 0 Å². The number of hydrogen-bond donors (Lipinski definition) is 0. The second-order valence-corrected chi connectivity index (χ2v) is 3.60. The van der Waals surface area contributed by atoms with Crippen LogP contribution in [0.2, 0.25) is 5.15 Å². The van der Waals surface area contributed by atoms with Crippen molar-refractivity contribution in [2.75, 3.05) is 18.0 Å². The van der Waals surface area contributed by atoms with E-state index in [1.165, 1.54) is 0 Å². The second-order valence-electron chi connectivity index (χ2n) is 3.21. The molecule has 1 aliphatic heterocycles. The van der Waals surface area contributed by atoms with Crippen LogP contribution in [-0.2, 0) is 0 Å². The van der Waals surface area contributed by atoms with Crippen LogP contribution in [0.25, 0.3) is 0 Å². The van der Waals surface area contributed by atoms with E-state index in [2.05, 4.69) is 21.8 Å². The minimum atomic E-state index is 0.465. The third-order valence-electron chi connectivity index (χ3n) is 1.98. The zero-order chi connectivity index (χ0) is 8.55. The van der Waals surface area contributed by atoms with E-state index in [1.54, 1.807) is 12.4 Å². The van der Waals surface area contributed by atoms with Crippen molar-refractivity contribution in [1.82, 2.24) is 9.97 Å². The van der Waals surface area contributed by atoms with Crippen LogP contribution in [0, 0.1) is 5.92 Å². The number of aromatic nitrogens is 2. The first-order valence-electron chi connectivity index (χ1n) is 3.98. The topological polar surface area (TPSA) is 29.0 Å². The summed E-state index contributed by atoms with van der Waals surface area (Å²) in [4.78, 5) is 10.3. The summed E-state index contributed by atoms with van der Waals surface area (Å²) in [7, 11) is 0. The van der Waals surface area contributed by atoms with Crippen LogP contribution >= 0.6 is 11.6 Å². The van der Waals surface area contributed by atoms with E-state index in [-0.39, 0.29) is 0 Å². The van der Waals surface area contributed by atoms with E-state index in [0.717, 1.165) is 24.8 Å². The number of nitrogens with zero attached hydrogens (tertiary/aromatic N) is 3. The van der Waals surface area contributed by atoms with E-state index in [0.29, 0.717) is 5.15 Å². The van der Waals surface area contributed by atoms with E-state index in [9.17, 15) is 0 Å². The van der Waals surface area contributed by atoms with Gasteiger partial charge in [0.05, 0.1) is 12.4 Å². The molecule has 0 saturated carbocycles. The largest absolute Gasteiger partial charge is 0.355 e. The lowest BCUT2D eigenvalue weighted by atomic mass is 10.0. The van der Waals surface area contributed by atoms with Crippen molar-refractivity contribution in [3.63, 3.8) is 0 Å². The SMILES string of the molecule is CC1CN(c2cncc(Cl)n2)C1. The first-order valence-corrected chi connectivity index (χ1v) is 4.36. The summed E-state index contributed by atoms with van der Waals surface area (Å²) in [6.45, 7) is 4.35. The average molecular weight is 184 g/mol. The fourth-order valence-corrected chi connectivity index (χ4v) is 1.51. The minimum Gasteiger partial charge on any atom is -0.355 e. The molecule has 0 aliphatic carbocycles. The van der Waals surface area contributed by atoms with Crippen LogP contribution in [0.15, 0.2) is 12.4 Å². The van der Waals surface area contributed by atoms with Gasteiger partial charge in [0, 0.05) is 13.1 Å². The highest BCUT2D eigenvalue weighted by atomic mass is 35.5. The average Bonchev–Trinajstić information content (AvgIpc) is 1.99. The van der Waals surface area contributed by atoms with Gasteiger partial charge in [-0.05, 0) is 5.92 Å². The molecule has 3 nitrogen and oxygen atoms in total. The van der Waals surface area contributed by atoms with Crippen molar-refractivity contribution < 1.29 is 0 Å². The molecule has 1 aromatic heterocycles. The fourth-order valence-electron chi connectivity index (χ4n) is 1.37. The van der Waals surface area contributed by atoms with Crippen LogP contribution in [0.5, 0.6) is 0 Å². The van der Waals surface area contributed by atoms with Crippen LogP contribution in [0.1, 0.15) is 6.92 Å². The Labute approximate surface area is 76.4 Å². The molecule has 0 N–H and O–H groups in total. The van der Waals surface area contributed by atoms with Crippen molar-refractivity contribution in [2.45, 2.75) is 6.92 Å². The summed E-state index contributed by atoms with van der Waals surface area (Å²) >= 11 is 5.71. The Bertz CT molecular complexity index is 283. The van der Waals surface area contributed by atoms with Crippen molar-refractivity contribution in [1.29, 1.82) is 0 Å². The summed E-state index contributed by atoms with van der Waals surface area (Å²) in [6, 6.07) is 0. The van der Waals surface area contributed by atoms with Crippen LogP contribution < -0.4 is 4.90 Å². The van der Waals surface area contributed by atoms with Gasteiger partial charge in [-0.2, -0.15) is 0 Å². The molecule has 4 heteroatoms. The van der Waals surface area contributed by atoms with Crippen LogP contribution in [0.3, 0.4) is 0 Å². The third kappa shape index (κ3) is 1.37. The molecule has 2 rings (SSSR count). The Kier molecular flexibility index (Phi) is 1.89. The van der Waals surface area contributed by atoms with Crippen molar-refractivity contribution in [3.8, 4) is 0 Å². The lowest BCUT2D eigenvalue weighted by Crippen LogP contribution is -2.45. The molecule has 1 saturated heterocycles. The van der Waals surface area contributed by atoms with Gasteiger partial charge < -0.3 is 4.90 Å². The molecule has 2 heterocycles. The lowest BCUT2D eigenvalue weighted by molar-refractivity contribution is 0.443. The molecule has 0 radical (unpaired) electrons. The normalized spacial score (nSPS) is 17.7. The standard InChI is InChI=1S/C8H10ClN3/c1-6-4-12(5-6)8-3-10-2-7(9)11-8/h2-3,6H,4-5H2,1H3. The molecular weight excluding hydrogens is 174 g/mol. The highest BCUT2D eigenvalue weighted by Gasteiger charge is 2.23. The summed E-state index contributed by atoms with van der Waals surface area (Å²) in [5.74, 6) is 1.66. The van der Waals surface area contributed by atoms with Gasteiger partial charge in [-0.25, -0.2) is 4.98 Å². The van der Waals surface area contributed by atoms with Crippen LogP contribution in [-0.4, -0.2) is 23.1 Å². The molecular formula is C8H10ClN3. The zero-order valence-corrected chi connectivity index (χ0v) is 7.62. The Balaban J connectivity index is 2.13. The van der Waals surface area contributed by atoms with Gasteiger partial charge >= 0.3 is 0 Å². The molecule has 0 bridgehead atoms. The van der Waals surface area contributed by atoms with Crippen molar-refractivity contribution in [2.24, 2.45) is 5.92 Å².